The number of ether oxygens (including phenoxy) is 1. The van der Waals surface area contributed by atoms with Gasteiger partial charge in [-0.15, -0.1) is 0 Å². The van der Waals surface area contributed by atoms with Crippen LogP contribution in [0.15, 0.2) is 29.2 Å². The van der Waals surface area contributed by atoms with Crippen molar-refractivity contribution in [2.75, 3.05) is 32.5 Å². The summed E-state index contributed by atoms with van der Waals surface area (Å²) in [6.45, 7) is 17.6. The van der Waals surface area contributed by atoms with E-state index in [9.17, 15) is 4.21 Å². The van der Waals surface area contributed by atoms with Crippen molar-refractivity contribution in [2.24, 2.45) is 23.7 Å². The maximum Gasteiger partial charge on any atom is 0.119 e. The molecule has 0 radical (unpaired) electrons. The van der Waals surface area contributed by atoms with Gasteiger partial charge in [0.1, 0.15) is 5.75 Å². The molecule has 1 aliphatic rings. The molecule has 3 nitrogen and oxygen atoms in total. The number of rotatable bonds is 7. The number of benzene rings is 1. The highest BCUT2D eigenvalue weighted by Gasteiger charge is 2.30. The van der Waals surface area contributed by atoms with E-state index in [2.05, 4.69) is 32.6 Å². The molecule has 1 aromatic rings. The molecule has 4 atom stereocenters. The van der Waals surface area contributed by atoms with Crippen molar-refractivity contribution in [3.8, 4) is 5.75 Å². The molecule has 0 spiro atoms. The molecule has 0 amide bonds. The second-order valence-corrected chi connectivity index (χ2v) is 8.79. The molecule has 144 valence electrons. The van der Waals surface area contributed by atoms with Crippen LogP contribution in [0.1, 0.15) is 41.5 Å². The second-order valence-electron chi connectivity index (χ2n) is 7.41. The van der Waals surface area contributed by atoms with Crippen LogP contribution in [0, 0.1) is 23.7 Å². The van der Waals surface area contributed by atoms with E-state index in [1.807, 2.05) is 38.1 Å². The Morgan fingerprint density at radius 1 is 1.16 bits per heavy atom. The zero-order valence-corrected chi connectivity index (χ0v) is 17.9. The van der Waals surface area contributed by atoms with Gasteiger partial charge in [0.2, 0.25) is 0 Å². The monoisotopic (exact) mass is 367 g/mol. The van der Waals surface area contributed by atoms with Crippen LogP contribution in [0.4, 0.5) is 0 Å². The summed E-state index contributed by atoms with van der Waals surface area (Å²) in [4.78, 5) is 3.44. The second kappa shape index (κ2) is 11.0. The van der Waals surface area contributed by atoms with Gasteiger partial charge in [-0.05, 0) is 42.0 Å². The SMILES string of the molecule is CC.CC(C)C(C)CN1CC(C)C(COc2ccc(S(C)=O)cc2)C1. The summed E-state index contributed by atoms with van der Waals surface area (Å²) in [5.74, 6) is 3.62. The lowest BCUT2D eigenvalue weighted by atomic mass is 9.98. The third-order valence-corrected chi connectivity index (χ3v) is 6.08. The minimum absolute atomic E-state index is 0.592. The molecule has 1 saturated heterocycles. The maximum atomic E-state index is 11.4. The molecule has 1 heterocycles. The lowest BCUT2D eigenvalue weighted by molar-refractivity contribution is 0.213. The lowest BCUT2D eigenvalue weighted by Gasteiger charge is -2.23. The van der Waals surface area contributed by atoms with Crippen molar-refractivity contribution in [3.05, 3.63) is 24.3 Å². The Labute approximate surface area is 157 Å². The topological polar surface area (TPSA) is 29.5 Å². The highest BCUT2D eigenvalue weighted by Crippen LogP contribution is 2.26. The zero-order chi connectivity index (χ0) is 19.0. The first-order chi connectivity index (χ1) is 11.9. The summed E-state index contributed by atoms with van der Waals surface area (Å²) in [6.07, 6.45) is 1.70. The Bertz CT molecular complexity index is 515. The van der Waals surface area contributed by atoms with Gasteiger partial charge in [-0.3, -0.25) is 4.21 Å². The predicted molar refractivity (Wildman–Crippen MR) is 109 cm³/mol. The molecular formula is C21H37NO2S. The Hall–Kier alpha value is -0.870. The van der Waals surface area contributed by atoms with Crippen molar-refractivity contribution in [2.45, 2.75) is 46.4 Å². The van der Waals surface area contributed by atoms with E-state index >= 15 is 0 Å². The first kappa shape index (κ1) is 22.2. The van der Waals surface area contributed by atoms with Gasteiger partial charge in [0.15, 0.2) is 0 Å². The van der Waals surface area contributed by atoms with Crippen molar-refractivity contribution in [1.29, 1.82) is 0 Å². The maximum absolute atomic E-state index is 11.4. The van der Waals surface area contributed by atoms with E-state index < -0.39 is 10.8 Å². The fourth-order valence-corrected chi connectivity index (χ4v) is 3.58. The molecule has 1 aromatic carbocycles. The van der Waals surface area contributed by atoms with Crippen molar-refractivity contribution in [1.82, 2.24) is 4.90 Å². The van der Waals surface area contributed by atoms with E-state index in [1.54, 1.807) is 6.26 Å². The largest absolute Gasteiger partial charge is 0.493 e. The van der Waals surface area contributed by atoms with Gasteiger partial charge in [-0.25, -0.2) is 0 Å². The Kier molecular flexibility index (Phi) is 9.73. The van der Waals surface area contributed by atoms with Gasteiger partial charge in [0.25, 0.3) is 0 Å². The van der Waals surface area contributed by atoms with Gasteiger partial charge in [0.05, 0.1) is 6.61 Å². The summed E-state index contributed by atoms with van der Waals surface area (Å²) < 4.78 is 17.4. The van der Waals surface area contributed by atoms with Crippen molar-refractivity contribution >= 4 is 10.8 Å². The van der Waals surface area contributed by atoms with Crippen LogP contribution < -0.4 is 4.74 Å². The molecule has 4 heteroatoms. The fraction of sp³-hybridized carbons (Fsp3) is 0.714. The highest BCUT2D eigenvalue weighted by atomic mass is 32.2. The third-order valence-electron chi connectivity index (χ3n) is 5.15. The molecule has 0 aromatic heterocycles. The molecule has 1 fully saturated rings. The fourth-order valence-electron chi connectivity index (χ4n) is 3.06. The quantitative estimate of drug-likeness (QED) is 0.700. The molecule has 0 bridgehead atoms. The van der Waals surface area contributed by atoms with Crippen LogP contribution in [0.25, 0.3) is 0 Å². The van der Waals surface area contributed by atoms with Crippen molar-refractivity contribution in [3.63, 3.8) is 0 Å². The van der Waals surface area contributed by atoms with Gasteiger partial charge in [0, 0.05) is 47.5 Å². The Morgan fingerprint density at radius 2 is 1.76 bits per heavy atom. The smallest absolute Gasteiger partial charge is 0.119 e. The van der Waals surface area contributed by atoms with Gasteiger partial charge in [-0.2, -0.15) is 0 Å². The average Bonchev–Trinajstić information content (AvgIpc) is 2.94. The van der Waals surface area contributed by atoms with Crippen LogP contribution >= 0.6 is 0 Å². The highest BCUT2D eigenvalue weighted by molar-refractivity contribution is 7.84. The van der Waals surface area contributed by atoms with Gasteiger partial charge >= 0.3 is 0 Å². The number of likely N-dealkylation sites (tertiary alicyclic amines) is 1. The summed E-state index contributed by atoms with van der Waals surface area (Å²) >= 11 is 0. The Balaban J connectivity index is 0.00000151. The molecular weight excluding hydrogens is 330 g/mol. The molecule has 2 rings (SSSR count). The normalized spacial score (nSPS) is 23.0. The number of hydrogen-bond acceptors (Lipinski definition) is 3. The summed E-state index contributed by atoms with van der Waals surface area (Å²) in [7, 11) is -0.926. The van der Waals surface area contributed by atoms with E-state index in [4.69, 9.17) is 4.74 Å². The summed E-state index contributed by atoms with van der Waals surface area (Å²) in [5, 5.41) is 0. The molecule has 0 saturated carbocycles. The van der Waals surface area contributed by atoms with E-state index in [1.165, 1.54) is 13.1 Å². The van der Waals surface area contributed by atoms with Crippen LogP contribution in [0.5, 0.6) is 5.75 Å². The molecule has 1 aliphatic heterocycles. The standard InChI is InChI=1S/C19H31NO2S.C2H6/c1-14(2)15(3)10-20-11-16(4)17(12-20)13-22-18-6-8-19(9-7-18)23(5)21;1-2/h6-9,14-17H,10-13H2,1-5H3;1-2H3. The minimum atomic E-state index is -0.926. The van der Waals surface area contributed by atoms with Crippen molar-refractivity contribution < 1.29 is 8.95 Å². The van der Waals surface area contributed by atoms with Gasteiger partial charge in [-0.1, -0.05) is 41.5 Å². The summed E-state index contributed by atoms with van der Waals surface area (Å²) in [6, 6.07) is 7.63. The van der Waals surface area contributed by atoms with E-state index in [0.29, 0.717) is 11.8 Å². The minimum Gasteiger partial charge on any atom is -0.493 e. The average molecular weight is 368 g/mol. The van der Waals surface area contributed by atoms with Gasteiger partial charge < -0.3 is 9.64 Å². The number of hydrogen-bond donors (Lipinski definition) is 0. The Morgan fingerprint density at radius 3 is 2.28 bits per heavy atom. The zero-order valence-electron chi connectivity index (χ0n) is 17.1. The first-order valence-corrected chi connectivity index (χ1v) is 11.2. The third kappa shape index (κ3) is 7.10. The van der Waals surface area contributed by atoms with Crippen LogP contribution in [-0.2, 0) is 10.8 Å². The summed E-state index contributed by atoms with van der Waals surface area (Å²) in [5.41, 5.74) is 0. The number of nitrogens with zero attached hydrogens (tertiary/aromatic N) is 1. The molecule has 0 aliphatic carbocycles. The van der Waals surface area contributed by atoms with E-state index in [0.717, 1.165) is 35.6 Å². The lowest BCUT2D eigenvalue weighted by Crippen LogP contribution is -2.29. The predicted octanol–water partition coefficient (Wildman–Crippen LogP) is 4.69. The molecule has 4 unspecified atom stereocenters. The van der Waals surface area contributed by atoms with E-state index in [-0.39, 0.29) is 0 Å². The van der Waals surface area contributed by atoms with Crippen LogP contribution in [0.2, 0.25) is 0 Å². The first-order valence-electron chi connectivity index (χ1n) is 9.65. The van der Waals surface area contributed by atoms with Crippen LogP contribution in [0.3, 0.4) is 0 Å². The van der Waals surface area contributed by atoms with Crippen LogP contribution in [-0.4, -0.2) is 41.6 Å². The molecule has 0 N–H and O–H groups in total. The molecule has 25 heavy (non-hydrogen) atoms.